The molecule has 1 atom stereocenters. The van der Waals surface area contributed by atoms with Crippen LogP contribution in [0.1, 0.15) is 18.3 Å². The summed E-state index contributed by atoms with van der Waals surface area (Å²) in [6, 6.07) is 10.0. The molecule has 2 N–H and O–H groups in total. The molecule has 110 valence electrons. The van der Waals surface area contributed by atoms with Crippen molar-refractivity contribution in [2.45, 2.75) is 19.1 Å². The second-order valence-electron chi connectivity index (χ2n) is 5.47. The smallest absolute Gasteiger partial charge is 0.123 e. The summed E-state index contributed by atoms with van der Waals surface area (Å²) in [4.78, 5) is 4.62. The predicted octanol–water partition coefficient (Wildman–Crippen LogP) is 2.63. The summed E-state index contributed by atoms with van der Waals surface area (Å²) in [5.41, 5.74) is 2.22. The Bertz CT molecular complexity index is 731. The third-order valence-corrected chi connectivity index (χ3v) is 4.46. The van der Waals surface area contributed by atoms with Gasteiger partial charge in [0.15, 0.2) is 0 Å². The Kier molecular flexibility index (Phi) is 3.80. The number of rotatable bonds is 5. The number of aromatic nitrogens is 2. The highest BCUT2D eigenvalue weighted by molar-refractivity contribution is 7.08. The zero-order chi connectivity index (χ0) is 14.9. The highest BCUT2D eigenvalue weighted by Crippen LogP contribution is 2.22. The molecule has 3 aromatic rings. The molecular formula is C16H19N3OS. The predicted molar refractivity (Wildman–Crippen MR) is 86.3 cm³/mol. The van der Waals surface area contributed by atoms with Crippen LogP contribution in [-0.4, -0.2) is 21.2 Å². The molecule has 0 amide bonds. The van der Waals surface area contributed by atoms with Crippen LogP contribution >= 0.6 is 11.3 Å². The van der Waals surface area contributed by atoms with Gasteiger partial charge in [0.2, 0.25) is 0 Å². The Morgan fingerprint density at radius 2 is 2.14 bits per heavy atom. The summed E-state index contributed by atoms with van der Waals surface area (Å²) in [7, 11) is 2.02. The van der Waals surface area contributed by atoms with Gasteiger partial charge in [-0.3, -0.25) is 0 Å². The van der Waals surface area contributed by atoms with Gasteiger partial charge >= 0.3 is 0 Å². The van der Waals surface area contributed by atoms with Crippen LogP contribution in [0, 0.1) is 0 Å². The number of fused-ring (bicyclic) bond motifs is 1. The summed E-state index contributed by atoms with van der Waals surface area (Å²) in [6.45, 7) is 2.95. The van der Waals surface area contributed by atoms with Crippen LogP contribution in [0.4, 0.5) is 0 Å². The first-order chi connectivity index (χ1) is 10.1. The third-order valence-electron chi connectivity index (χ3n) is 3.78. The number of imidazole rings is 1. The highest BCUT2D eigenvalue weighted by atomic mass is 32.1. The molecule has 5 heteroatoms. The number of thiophene rings is 1. The lowest BCUT2D eigenvalue weighted by Crippen LogP contribution is -2.35. The Morgan fingerprint density at radius 1 is 1.33 bits per heavy atom. The van der Waals surface area contributed by atoms with Crippen molar-refractivity contribution >= 4 is 22.4 Å². The summed E-state index contributed by atoms with van der Waals surface area (Å²) in [5.74, 6) is 0.970. The van der Waals surface area contributed by atoms with E-state index in [1.54, 1.807) is 11.3 Å². The SMILES string of the molecule is Cn1c(CNCC(C)(O)c2ccsc2)nc2ccccc21. The van der Waals surface area contributed by atoms with Gasteiger partial charge in [-0.25, -0.2) is 4.98 Å². The first-order valence-electron chi connectivity index (χ1n) is 6.94. The lowest BCUT2D eigenvalue weighted by atomic mass is 9.99. The third kappa shape index (κ3) is 2.85. The van der Waals surface area contributed by atoms with E-state index in [0.717, 1.165) is 22.4 Å². The van der Waals surface area contributed by atoms with Crippen molar-refractivity contribution in [2.75, 3.05) is 6.54 Å². The molecule has 0 bridgehead atoms. The van der Waals surface area contributed by atoms with Gasteiger partial charge in [0.25, 0.3) is 0 Å². The van der Waals surface area contributed by atoms with E-state index in [1.165, 1.54) is 0 Å². The molecule has 4 nitrogen and oxygen atoms in total. The normalized spacial score (nSPS) is 14.4. The number of aliphatic hydroxyl groups is 1. The molecule has 2 aromatic heterocycles. The van der Waals surface area contributed by atoms with Crippen molar-refractivity contribution in [3.63, 3.8) is 0 Å². The maximum absolute atomic E-state index is 10.5. The lowest BCUT2D eigenvalue weighted by molar-refractivity contribution is 0.0569. The minimum atomic E-state index is -0.857. The zero-order valence-electron chi connectivity index (χ0n) is 12.2. The zero-order valence-corrected chi connectivity index (χ0v) is 13.0. The van der Waals surface area contributed by atoms with Gasteiger partial charge in [0.1, 0.15) is 5.82 Å². The van der Waals surface area contributed by atoms with Crippen molar-refractivity contribution < 1.29 is 5.11 Å². The molecule has 0 aliphatic rings. The average molecular weight is 301 g/mol. The van der Waals surface area contributed by atoms with Crippen molar-refractivity contribution in [1.82, 2.24) is 14.9 Å². The molecule has 2 heterocycles. The Balaban J connectivity index is 1.68. The van der Waals surface area contributed by atoms with E-state index in [2.05, 4.69) is 20.9 Å². The molecule has 0 saturated carbocycles. The first-order valence-corrected chi connectivity index (χ1v) is 7.88. The number of hydrogen-bond acceptors (Lipinski definition) is 4. The van der Waals surface area contributed by atoms with Crippen LogP contribution in [0.3, 0.4) is 0 Å². The average Bonchev–Trinajstić information content (AvgIpc) is 3.09. The fourth-order valence-corrected chi connectivity index (χ4v) is 3.23. The standard InChI is InChI=1S/C16H19N3OS/c1-16(20,12-7-8-21-10-12)11-17-9-15-18-13-5-3-4-6-14(13)19(15)2/h3-8,10,17,20H,9,11H2,1-2H3. The number of nitrogens with zero attached hydrogens (tertiary/aromatic N) is 2. The Hall–Kier alpha value is -1.69. The fraction of sp³-hybridized carbons (Fsp3) is 0.312. The van der Waals surface area contributed by atoms with E-state index in [-0.39, 0.29) is 0 Å². The van der Waals surface area contributed by atoms with Crippen LogP contribution in [0.15, 0.2) is 41.1 Å². The molecule has 0 fully saturated rings. The summed E-state index contributed by atoms with van der Waals surface area (Å²) in [6.07, 6.45) is 0. The van der Waals surface area contributed by atoms with Crippen molar-refractivity contribution in [2.24, 2.45) is 7.05 Å². The van der Waals surface area contributed by atoms with Gasteiger partial charge in [-0.1, -0.05) is 12.1 Å². The van der Waals surface area contributed by atoms with Crippen LogP contribution < -0.4 is 5.32 Å². The van der Waals surface area contributed by atoms with Crippen LogP contribution in [0.25, 0.3) is 11.0 Å². The van der Waals surface area contributed by atoms with Gasteiger partial charge in [0.05, 0.1) is 23.2 Å². The number of hydrogen-bond donors (Lipinski definition) is 2. The van der Waals surface area contributed by atoms with E-state index in [9.17, 15) is 5.11 Å². The van der Waals surface area contributed by atoms with Gasteiger partial charge in [-0.15, -0.1) is 0 Å². The summed E-state index contributed by atoms with van der Waals surface area (Å²) >= 11 is 1.60. The number of benzene rings is 1. The first kappa shape index (κ1) is 14.3. The molecule has 1 unspecified atom stereocenters. The summed E-state index contributed by atoms with van der Waals surface area (Å²) < 4.78 is 2.08. The lowest BCUT2D eigenvalue weighted by Gasteiger charge is -2.22. The van der Waals surface area contributed by atoms with E-state index >= 15 is 0 Å². The topological polar surface area (TPSA) is 50.1 Å². The molecule has 3 rings (SSSR count). The summed E-state index contributed by atoms with van der Waals surface area (Å²) in [5, 5.41) is 17.7. The van der Waals surface area contributed by atoms with E-state index in [1.807, 2.05) is 49.0 Å². The van der Waals surface area contributed by atoms with E-state index in [4.69, 9.17) is 0 Å². The van der Waals surface area contributed by atoms with Gasteiger partial charge in [-0.05, 0) is 41.4 Å². The highest BCUT2D eigenvalue weighted by Gasteiger charge is 2.23. The van der Waals surface area contributed by atoms with Crippen molar-refractivity contribution in [3.05, 3.63) is 52.5 Å². The van der Waals surface area contributed by atoms with Gasteiger partial charge in [0, 0.05) is 13.6 Å². The minimum absolute atomic E-state index is 0.493. The van der Waals surface area contributed by atoms with Gasteiger partial charge < -0.3 is 15.0 Å². The van der Waals surface area contributed by atoms with Crippen LogP contribution in [0.2, 0.25) is 0 Å². The quantitative estimate of drug-likeness (QED) is 0.761. The second kappa shape index (κ2) is 5.60. The monoisotopic (exact) mass is 301 g/mol. The van der Waals surface area contributed by atoms with E-state index in [0.29, 0.717) is 13.1 Å². The molecular weight excluding hydrogens is 282 g/mol. The molecule has 21 heavy (non-hydrogen) atoms. The van der Waals surface area contributed by atoms with Gasteiger partial charge in [-0.2, -0.15) is 11.3 Å². The van der Waals surface area contributed by atoms with Crippen LogP contribution in [-0.2, 0) is 19.2 Å². The molecule has 1 aromatic carbocycles. The minimum Gasteiger partial charge on any atom is -0.384 e. The maximum atomic E-state index is 10.5. The molecule has 0 aliphatic heterocycles. The fourth-order valence-electron chi connectivity index (χ4n) is 2.44. The second-order valence-corrected chi connectivity index (χ2v) is 6.25. The maximum Gasteiger partial charge on any atom is 0.123 e. The van der Waals surface area contributed by atoms with Crippen molar-refractivity contribution in [3.8, 4) is 0 Å². The largest absolute Gasteiger partial charge is 0.384 e. The molecule has 0 radical (unpaired) electrons. The van der Waals surface area contributed by atoms with Crippen LogP contribution in [0.5, 0.6) is 0 Å². The number of nitrogens with one attached hydrogen (secondary N) is 1. The molecule has 0 saturated heterocycles. The van der Waals surface area contributed by atoms with E-state index < -0.39 is 5.60 Å². The number of para-hydroxylation sites is 2. The van der Waals surface area contributed by atoms with Crippen molar-refractivity contribution in [1.29, 1.82) is 0 Å². The number of aryl methyl sites for hydroxylation is 1. The molecule has 0 spiro atoms. The molecule has 0 aliphatic carbocycles. The Morgan fingerprint density at radius 3 is 2.86 bits per heavy atom. The Labute approximate surface area is 128 Å².